The summed E-state index contributed by atoms with van der Waals surface area (Å²) in [6, 6.07) is 0. The molecular weight excluding hydrogens is 362 g/mol. The van der Waals surface area contributed by atoms with E-state index in [9.17, 15) is 13.2 Å². The predicted molar refractivity (Wildman–Crippen MR) is 113 cm³/mol. The Bertz CT molecular complexity index is 504. The summed E-state index contributed by atoms with van der Waals surface area (Å²) in [6.45, 7) is 8.82. The van der Waals surface area contributed by atoms with Crippen LogP contribution in [0, 0.1) is 0 Å². The highest BCUT2D eigenvalue weighted by molar-refractivity contribution is 7.88. The van der Waals surface area contributed by atoms with E-state index < -0.39 is 20.9 Å². The van der Waals surface area contributed by atoms with E-state index >= 15 is 0 Å². The van der Waals surface area contributed by atoms with Gasteiger partial charge >= 0.3 is 0 Å². The van der Waals surface area contributed by atoms with Gasteiger partial charge in [0.1, 0.15) is 0 Å². The highest BCUT2D eigenvalue weighted by Gasteiger charge is 2.40. The number of hydrogen-bond donors (Lipinski definition) is 1. The van der Waals surface area contributed by atoms with Gasteiger partial charge in [0.2, 0.25) is 5.91 Å². The largest absolute Gasteiger partial charge is 0.332 e. The zero-order valence-corrected chi connectivity index (χ0v) is 18.5. The van der Waals surface area contributed by atoms with E-state index in [-0.39, 0.29) is 6.61 Å². The summed E-state index contributed by atoms with van der Waals surface area (Å²) in [6.07, 6.45) is 16.0. The Hall–Kier alpha value is -0.880. The molecule has 0 aliphatic heterocycles. The quantitative estimate of drug-likeness (QED) is 0.187. The van der Waals surface area contributed by atoms with E-state index in [1.54, 1.807) is 6.92 Å². The van der Waals surface area contributed by atoms with E-state index in [1.165, 1.54) is 64.7 Å². The second-order valence-electron chi connectivity index (χ2n) is 7.42. The molecule has 0 bridgehead atoms. The molecule has 160 valence electrons. The molecule has 1 atom stereocenters. The third kappa shape index (κ3) is 11.5. The molecule has 0 saturated heterocycles. The molecule has 0 heterocycles. The molecule has 0 spiro atoms. The summed E-state index contributed by atoms with van der Waals surface area (Å²) in [7, 11) is -3.87. The maximum Gasteiger partial charge on any atom is 0.291 e. The van der Waals surface area contributed by atoms with Gasteiger partial charge in [0.15, 0.2) is 4.87 Å². The van der Waals surface area contributed by atoms with Crippen LogP contribution < -0.4 is 5.32 Å². The second-order valence-corrected chi connectivity index (χ2v) is 9.47. The van der Waals surface area contributed by atoms with E-state index in [1.807, 2.05) is 0 Å². The molecule has 0 aromatic heterocycles. The van der Waals surface area contributed by atoms with Crippen LogP contribution in [-0.2, 0) is 19.1 Å². The first kappa shape index (κ1) is 26.1. The standard InChI is InChI=1S/C21H41NO4S/c1-5-8-9-10-11-12-13-14-15-16-17-18-19-21(4,22-20(23)6-2)27(24,25)26-7-3/h6H,2,5,7-19H2,1,3-4H3,(H,22,23). The van der Waals surface area contributed by atoms with Crippen molar-refractivity contribution in [1.82, 2.24) is 5.32 Å². The van der Waals surface area contributed by atoms with Crippen molar-refractivity contribution < 1.29 is 17.4 Å². The lowest BCUT2D eigenvalue weighted by atomic mass is 10.0. The van der Waals surface area contributed by atoms with Crippen LogP contribution in [0.5, 0.6) is 0 Å². The highest BCUT2D eigenvalue weighted by atomic mass is 32.2. The molecular formula is C21H41NO4S. The van der Waals surface area contributed by atoms with Crippen molar-refractivity contribution in [3.8, 4) is 0 Å². The van der Waals surface area contributed by atoms with Gasteiger partial charge in [-0.05, 0) is 32.8 Å². The topological polar surface area (TPSA) is 72.5 Å². The summed E-state index contributed by atoms with van der Waals surface area (Å²) < 4.78 is 29.7. The van der Waals surface area contributed by atoms with E-state index in [0.717, 1.165) is 25.3 Å². The van der Waals surface area contributed by atoms with Gasteiger partial charge in [-0.2, -0.15) is 8.42 Å². The van der Waals surface area contributed by atoms with Gasteiger partial charge in [0.25, 0.3) is 10.1 Å². The number of rotatable bonds is 18. The molecule has 1 amide bonds. The van der Waals surface area contributed by atoms with Crippen molar-refractivity contribution in [2.45, 2.75) is 109 Å². The molecule has 0 fully saturated rings. The second kappa shape index (κ2) is 15.1. The van der Waals surface area contributed by atoms with Crippen LogP contribution in [-0.4, -0.2) is 25.8 Å². The van der Waals surface area contributed by atoms with Gasteiger partial charge < -0.3 is 5.32 Å². The zero-order valence-electron chi connectivity index (χ0n) is 17.7. The van der Waals surface area contributed by atoms with E-state index in [4.69, 9.17) is 4.18 Å². The average molecular weight is 404 g/mol. The number of carbonyl (C=O) groups excluding carboxylic acids is 1. The third-order valence-electron chi connectivity index (χ3n) is 4.91. The molecule has 6 heteroatoms. The fourth-order valence-corrected chi connectivity index (χ4v) is 4.34. The Balaban J connectivity index is 4.07. The minimum absolute atomic E-state index is 0.0559. The fraction of sp³-hybridized carbons (Fsp3) is 0.857. The van der Waals surface area contributed by atoms with Crippen LogP contribution in [0.3, 0.4) is 0 Å². The molecule has 0 rings (SSSR count). The maximum absolute atomic E-state index is 12.4. The van der Waals surface area contributed by atoms with Crippen LogP contribution in [0.2, 0.25) is 0 Å². The lowest BCUT2D eigenvalue weighted by Gasteiger charge is -2.29. The van der Waals surface area contributed by atoms with Crippen molar-refractivity contribution in [1.29, 1.82) is 0 Å². The Labute approximate surface area is 167 Å². The fourth-order valence-electron chi connectivity index (χ4n) is 3.15. The van der Waals surface area contributed by atoms with Crippen molar-refractivity contribution >= 4 is 16.0 Å². The first-order valence-electron chi connectivity index (χ1n) is 10.7. The molecule has 5 nitrogen and oxygen atoms in total. The summed E-state index contributed by atoms with van der Waals surface area (Å²) >= 11 is 0. The number of hydrogen-bond acceptors (Lipinski definition) is 4. The number of nitrogens with one attached hydrogen (secondary N) is 1. The third-order valence-corrected chi connectivity index (χ3v) is 6.86. The summed E-state index contributed by atoms with van der Waals surface area (Å²) in [4.78, 5) is 10.2. The molecule has 0 aromatic carbocycles. The minimum Gasteiger partial charge on any atom is -0.332 e. The number of amides is 1. The first-order chi connectivity index (χ1) is 12.8. The Morgan fingerprint density at radius 2 is 1.37 bits per heavy atom. The summed E-state index contributed by atoms with van der Waals surface area (Å²) in [5.74, 6) is -0.500. The van der Waals surface area contributed by atoms with Gasteiger partial charge in [-0.25, -0.2) is 0 Å². The molecule has 1 unspecified atom stereocenters. The maximum atomic E-state index is 12.4. The van der Waals surface area contributed by atoms with E-state index in [2.05, 4.69) is 18.8 Å². The number of carbonyl (C=O) groups is 1. The molecule has 27 heavy (non-hydrogen) atoms. The monoisotopic (exact) mass is 403 g/mol. The molecule has 0 saturated carbocycles. The normalized spacial score (nSPS) is 13.9. The van der Waals surface area contributed by atoms with Crippen molar-refractivity contribution in [2.75, 3.05) is 6.61 Å². The van der Waals surface area contributed by atoms with Gasteiger partial charge in [-0.15, -0.1) is 0 Å². The van der Waals surface area contributed by atoms with Crippen LogP contribution in [0.15, 0.2) is 12.7 Å². The first-order valence-corrected chi connectivity index (χ1v) is 12.1. The van der Waals surface area contributed by atoms with Crippen molar-refractivity contribution in [2.24, 2.45) is 0 Å². The minimum atomic E-state index is -3.87. The van der Waals surface area contributed by atoms with Crippen molar-refractivity contribution in [3.63, 3.8) is 0 Å². The molecule has 0 aliphatic carbocycles. The molecule has 0 aromatic rings. The summed E-state index contributed by atoms with van der Waals surface area (Å²) in [5, 5.41) is 2.54. The van der Waals surface area contributed by atoms with Gasteiger partial charge in [-0.3, -0.25) is 8.98 Å². The van der Waals surface area contributed by atoms with Crippen LogP contribution in [0.25, 0.3) is 0 Å². The predicted octanol–water partition coefficient (Wildman–Crippen LogP) is 5.46. The molecule has 1 N–H and O–H groups in total. The molecule has 0 aliphatic rings. The van der Waals surface area contributed by atoms with E-state index in [0.29, 0.717) is 6.42 Å². The smallest absolute Gasteiger partial charge is 0.291 e. The van der Waals surface area contributed by atoms with Gasteiger partial charge in [0.05, 0.1) is 6.61 Å². The highest BCUT2D eigenvalue weighted by Crippen LogP contribution is 2.24. The lowest BCUT2D eigenvalue weighted by molar-refractivity contribution is -0.117. The Morgan fingerprint density at radius 3 is 1.78 bits per heavy atom. The van der Waals surface area contributed by atoms with Gasteiger partial charge in [-0.1, -0.05) is 84.1 Å². The Kier molecular flexibility index (Phi) is 14.6. The lowest BCUT2D eigenvalue weighted by Crippen LogP contribution is -2.52. The average Bonchev–Trinajstić information content (AvgIpc) is 2.62. The molecule has 0 radical (unpaired) electrons. The van der Waals surface area contributed by atoms with Crippen molar-refractivity contribution in [3.05, 3.63) is 12.7 Å². The number of unbranched alkanes of at least 4 members (excludes halogenated alkanes) is 11. The zero-order chi connectivity index (χ0) is 20.6. The van der Waals surface area contributed by atoms with Crippen LogP contribution in [0.4, 0.5) is 0 Å². The Morgan fingerprint density at radius 1 is 0.926 bits per heavy atom. The van der Waals surface area contributed by atoms with Crippen LogP contribution >= 0.6 is 0 Å². The van der Waals surface area contributed by atoms with Crippen LogP contribution in [0.1, 0.15) is 104 Å². The SMILES string of the molecule is C=CC(=O)NC(C)(CCCCCCCCCCCCCC)S(=O)(=O)OCC. The van der Waals surface area contributed by atoms with Gasteiger partial charge in [0, 0.05) is 0 Å². The summed E-state index contributed by atoms with van der Waals surface area (Å²) in [5.41, 5.74) is 0.